The van der Waals surface area contributed by atoms with Crippen LogP contribution >= 0.6 is 35.3 Å². The van der Waals surface area contributed by atoms with Crippen molar-refractivity contribution in [1.82, 2.24) is 20.5 Å². The maximum absolute atomic E-state index is 12.5. The molecule has 0 aromatic carbocycles. The minimum Gasteiger partial charge on any atom is -0.356 e. The first-order chi connectivity index (χ1) is 12.4. The van der Waals surface area contributed by atoms with Crippen LogP contribution in [-0.2, 0) is 12.6 Å². The maximum atomic E-state index is 12.5. The van der Waals surface area contributed by atoms with E-state index in [0.29, 0.717) is 29.9 Å². The Hall–Kier alpha value is -0.620. The van der Waals surface area contributed by atoms with E-state index in [2.05, 4.69) is 32.4 Å². The predicted molar refractivity (Wildman–Crippen MR) is 115 cm³/mol. The molecule has 0 radical (unpaired) electrons. The number of thiazole rings is 1. The molecular formula is C17H29F3IN5S. The lowest BCUT2D eigenvalue weighted by Crippen LogP contribution is -2.43. The molecule has 1 aliphatic heterocycles. The number of halogens is 4. The summed E-state index contributed by atoms with van der Waals surface area (Å²) in [6, 6.07) is 0. The molecule has 10 heteroatoms. The van der Waals surface area contributed by atoms with Crippen molar-refractivity contribution >= 4 is 41.3 Å². The maximum Gasteiger partial charge on any atom is 0.434 e. The van der Waals surface area contributed by atoms with E-state index >= 15 is 0 Å². The zero-order valence-electron chi connectivity index (χ0n) is 15.8. The topological polar surface area (TPSA) is 52.5 Å². The Morgan fingerprint density at radius 3 is 2.59 bits per heavy atom. The highest BCUT2D eigenvalue weighted by molar-refractivity contribution is 14.0. The molecule has 1 aromatic heterocycles. The summed E-state index contributed by atoms with van der Waals surface area (Å²) in [7, 11) is 1.70. The van der Waals surface area contributed by atoms with Crippen molar-refractivity contribution in [3.63, 3.8) is 0 Å². The lowest BCUT2D eigenvalue weighted by molar-refractivity contribution is -0.140. The van der Waals surface area contributed by atoms with E-state index in [1.54, 1.807) is 7.05 Å². The van der Waals surface area contributed by atoms with E-state index in [0.717, 1.165) is 36.4 Å². The lowest BCUT2D eigenvalue weighted by Gasteiger charge is -2.32. The Labute approximate surface area is 180 Å². The molecule has 1 aliphatic rings. The van der Waals surface area contributed by atoms with Crippen LogP contribution in [0.3, 0.4) is 0 Å². The van der Waals surface area contributed by atoms with Crippen LogP contribution in [0.5, 0.6) is 0 Å². The molecule has 0 atom stereocenters. The van der Waals surface area contributed by atoms with Crippen LogP contribution in [0.2, 0.25) is 0 Å². The third-order valence-corrected chi connectivity index (χ3v) is 5.41. The number of piperidine rings is 1. The molecule has 0 bridgehead atoms. The standard InChI is InChI=1S/C17H28F3N5S.HI/c1-3-8-25-9-5-13(6-10-25)11-23-16(21-2)22-7-4-15-24-14(12-26-15)17(18,19)20;/h12-13H,3-11H2,1-2H3,(H2,21,22,23);1H. The molecule has 5 nitrogen and oxygen atoms in total. The normalized spacial score (nSPS) is 16.9. The van der Waals surface area contributed by atoms with Gasteiger partial charge < -0.3 is 15.5 Å². The number of rotatable bonds is 7. The third-order valence-electron chi connectivity index (χ3n) is 4.50. The zero-order valence-corrected chi connectivity index (χ0v) is 19.0. The van der Waals surface area contributed by atoms with Crippen LogP contribution in [0, 0.1) is 5.92 Å². The van der Waals surface area contributed by atoms with Gasteiger partial charge in [0.2, 0.25) is 0 Å². The van der Waals surface area contributed by atoms with E-state index < -0.39 is 11.9 Å². The van der Waals surface area contributed by atoms with E-state index in [-0.39, 0.29) is 24.0 Å². The first-order valence-electron chi connectivity index (χ1n) is 9.10. The van der Waals surface area contributed by atoms with Crippen LogP contribution in [0.25, 0.3) is 0 Å². The van der Waals surface area contributed by atoms with Crippen LogP contribution < -0.4 is 10.6 Å². The Bertz CT molecular complexity index is 571. The molecule has 1 saturated heterocycles. The van der Waals surface area contributed by atoms with Crippen molar-refractivity contribution in [2.24, 2.45) is 10.9 Å². The highest BCUT2D eigenvalue weighted by atomic mass is 127. The second-order valence-electron chi connectivity index (χ2n) is 6.54. The molecule has 0 unspecified atom stereocenters. The van der Waals surface area contributed by atoms with Crippen LogP contribution in [-0.4, -0.2) is 55.6 Å². The van der Waals surface area contributed by atoms with E-state index in [1.165, 1.54) is 25.8 Å². The van der Waals surface area contributed by atoms with Gasteiger partial charge in [0.05, 0.1) is 5.01 Å². The van der Waals surface area contributed by atoms with E-state index in [9.17, 15) is 13.2 Å². The fourth-order valence-corrected chi connectivity index (χ4v) is 3.84. The highest BCUT2D eigenvalue weighted by Gasteiger charge is 2.33. The van der Waals surface area contributed by atoms with E-state index in [1.807, 2.05) is 0 Å². The molecule has 0 spiro atoms. The Kier molecular flexibility index (Phi) is 10.9. The van der Waals surface area contributed by atoms with Gasteiger partial charge in [-0.1, -0.05) is 6.92 Å². The highest BCUT2D eigenvalue weighted by Crippen LogP contribution is 2.30. The third kappa shape index (κ3) is 8.51. The fourth-order valence-electron chi connectivity index (χ4n) is 3.04. The van der Waals surface area contributed by atoms with Crippen molar-refractivity contribution in [3.05, 3.63) is 16.1 Å². The number of likely N-dealkylation sites (tertiary alicyclic amines) is 1. The van der Waals surface area contributed by atoms with Gasteiger partial charge in [0.1, 0.15) is 0 Å². The first-order valence-corrected chi connectivity index (χ1v) is 9.98. The molecule has 27 heavy (non-hydrogen) atoms. The van der Waals surface area contributed by atoms with Crippen LogP contribution in [0.1, 0.15) is 36.9 Å². The predicted octanol–water partition coefficient (Wildman–Crippen LogP) is 3.61. The summed E-state index contributed by atoms with van der Waals surface area (Å²) in [6.45, 7) is 7.05. The van der Waals surface area contributed by atoms with E-state index in [4.69, 9.17) is 0 Å². The molecular weight excluding hydrogens is 490 g/mol. The summed E-state index contributed by atoms with van der Waals surface area (Å²) in [6.07, 6.45) is -0.362. The Morgan fingerprint density at radius 1 is 1.33 bits per heavy atom. The zero-order chi connectivity index (χ0) is 19.0. The number of aliphatic imine (C=N–C) groups is 1. The number of hydrogen-bond donors (Lipinski definition) is 2. The van der Waals surface area contributed by atoms with Gasteiger partial charge in [0.25, 0.3) is 0 Å². The van der Waals surface area contributed by atoms with Gasteiger partial charge in [-0.15, -0.1) is 35.3 Å². The number of guanidine groups is 1. The summed E-state index contributed by atoms with van der Waals surface area (Å²) >= 11 is 1.04. The lowest BCUT2D eigenvalue weighted by atomic mass is 9.97. The van der Waals surface area contributed by atoms with Gasteiger partial charge in [-0.25, -0.2) is 4.98 Å². The molecule has 2 heterocycles. The fraction of sp³-hybridized carbons (Fsp3) is 0.765. The molecule has 0 aliphatic carbocycles. The number of nitrogens with zero attached hydrogens (tertiary/aromatic N) is 3. The Morgan fingerprint density at radius 2 is 2.04 bits per heavy atom. The van der Waals surface area contributed by atoms with Crippen molar-refractivity contribution < 1.29 is 13.2 Å². The second-order valence-corrected chi connectivity index (χ2v) is 7.48. The average Bonchev–Trinajstić information content (AvgIpc) is 3.09. The minimum absolute atomic E-state index is 0. The first kappa shape index (κ1) is 24.4. The van der Waals surface area contributed by atoms with Crippen molar-refractivity contribution in [2.75, 3.05) is 39.8 Å². The molecule has 2 rings (SSSR count). The van der Waals surface area contributed by atoms with Crippen LogP contribution in [0.15, 0.2) is 10.4 Å². The number of aromatic nitrogens is 1. The number of alkyl halides is 3. The van der Waals surface area contributed by atoms with Gasteiger partial charge in [-0.2, -0.15) is 13.2 Å². The monoisotopic (exact) mass is 519 g/mol. The largest absolute Gasteiger partial charge is 0.434 e. The summed E-state index contributed by atoms with van der Waals surface area (Å²) in [5.74, 6) is 1.32. The van der Waals surface area contributed by atoms with Crippen molar-refractivity contribution in [1.29, 1.82) is 0 Å². The van der Waals surface area contributed by atoms with Crippen LogP contribution in [0.4, 0.5) is 13.2 Å². The second kappa shape index (κ2) is 12.1. The molecule has 2 N–H and O–H groups in total. The minimum atomic E-state index is -4.37. The van der Waals surface area contributed by atoms with Gasteiger partial charge in [0.15, 0.2) is 11.7 Å². The molecule has 156 valence electrons. The quantitative estimate of drug-likeness (QED) is 0.329. The molecule has 1 aromatic rings. The summed E-state index contributed by atoms with van der Waals surface area (Å²) in [4.78, 5) is 10.3. The average molecular weight is 519 g/mol. The van der Waals surface area contributed by atoms with Gasteiger partial charge in [-0.05, 0) is 44.8 Å². The van der Waals surface area contributed by atoms with Gasteiger partial charge >= 0.3 is 6.18 Å². The smallest absolute Gasteiger partial charge is 0.356 e. The summed E-state index contributed by atoms with van der Waals surface area (Å²) < 4.78 is 37.6. The summed E-state index contributed by atoms with van der Waals surface area (Å²) in [5, 5.41) is 8.01. The molecule has 1 fully saturated rings. The molecule has 0 saturated carbocycles. The Balaban J connectivity index is 0.00000364. The summed E-state index contributed by atoms with van der Waals surface area (Å²) in [5.41, 5.74) is -0.811. The number of nitrogens with one attached hydrogen (secondary N) is 2. The van der Waals surface area contributed by atoms with Gasteiger partial charge in [0, 0.05) is 31.9 Å². The SMILES string of the molecule is CCCN1CCC(CNC(=NC)NCCc2nc(C(F)(F)F)cs2)CC1.I. The number of hydrogen-bond acceptors (Lipinski definition) is 4. The van der Waals surface area contributed by atoms with Crippen molar-refractivity contribution in [3.8, 4) is 0 Å². The van der Waals surface area contributed by atoms with Crippen molar-refractivity contribution in [2.45, 2.75) is 38.8 Å². The van der Waals surface area contributed by atoms with Gasteiger partial charge in [-0.3, -0.25) is 4.99 Å². The molecule has 0 amide bonds.